The zero-order chi connectivity index (χ0) is 18.7. The Kier molecular flexibility index (Phi) is 5.30. The highest BCUT2D eigenvalue weighted by Crippen LogP contribution is 2.48. The Morgan fingerprint density at radius 3 is 2.41 bits per heavy atom. The molecule has 0 aliphatic heterocycles. The van der Waals surface area contributed by atoms with Crippen molar-refractivity contribution in [2.24, 2.45) is 5.92 Å². The summed E-state index contributed by atoms with van der Waals surface area (Å²) in [6.45, 7) is 0.815. The molecular formula is C22H26N2O2S. The molecule has 0 unspecified atom stereocenters. The van der Waals surface area contributed by atoms with Gasteiger partial charge in [0.2, 0.25) is 5.91 Å². The average Bonchev–Trinajstić information content (AvgIpc) is 3.33. The maximum Gasteiger partial charge on any atom is 0.265 e. The molecule has 2 aliphatic rings. The molecule has 0 saturated heterocycles. The van der Waals surface area contributed by atoms with E-state index in [9.17, 15) is 9.59 Å². The molecule has 2 amide bonds. The lowest BCUT2D eigenvalue weighted by Gasteiger charge is -2.23. The van der Waals surface area contributed by atoms with Crippen molar-refractivity contribution in [3.05, 3.63) is 52.2 Å². The van der Waals surface area contributed by atoms with Crippen LogP contribution in [0.2, 0.25) is 0 Å². The number of nitrogens with one attached hydrogen (secondary N) is 2. The van der Waals surface area contributed by atoms with Crippen LogP contribution < -0.4 is 10.6 Å². The lowest BCUT2D eigenvalue weighted by Crippen LogP contribution is -2.38. The highest BCUT2D eigenvalue weighted by molar-refractivity contribution is 7.12. The first-order valence-electron chi connectivity index (χ1n) is 9.91. The van der Waals surface area contributed by atoms with Crippen LogP contribution in [0.5, 0.6) is 0 Å². The third kappa shape index (κ3) is 4.08. The van der Waals surface area contributed by atoms with Crippen molar-refractivity contribution in [1.82, 2.24) is 5.32 Å². The Labute approximate surface area is 164 Å². The lowest BCUT2D eigenvalue weighted by molar-refractivity contribution is -0.123. The van der Waals surface area contributed by atoms with Crippen molar-refractivity contribution in [3.8, 4) is 0 Å². The summed E-state index contributed by atoms with van der Waals surface area (Å²) in [4.78, 5) is 25.7. The summed E-state index contributed by atoms with van der Waals surface area (Å²) >= 11 is 1.42. The minimum absolute atomic E-state index is 0.0934. The number of anilines is 1. The summed E-state index contributed by atoms with van der Waals surface area (Å²) in [6, 6.07) is 11.4. The number of thiophene rings is 1. The van der Waals surface area contributed by atoms with E-state index in [0.717, 1.165) is 30.6 Å². The Morgan fingerprint density at radius 2 is 1.78 bits per heavy atom. The highest BCUT2D eigenvalue weighted by atomic mass is 32.1. The topological polar surface area (TPSA) is 58.2 Å². The van der Waals surface area contributed by atoms with Crippen molar-refractivity contribution in [2.75, 3.05) is 11.9 Å². The zero-order valence-electron chi connectivity index (χ0n) is 15.5. The van der Waals surface area contributed by atoms with Gasteiger partial charge in [0.05, 0.1) is 10.3 Å². The number of hydrogen-bond acceptors (Lipinski definition) is 3. The predicted octanol–water partition coefficient (Wildman–Crippen LogP) is 4.73. The predicted molar refractivity (Wildman–Crippen MR) is 109 cm³/mol. The Morgan fingerprint density at radius 1 is 1.04 bits per heavy atom. The molecule has 1 heterocycles. The first-order chi connectivity index (χ1) is 13.2. The number of hydrogen-bond donors (Lipinski definition) is 2. The number of carbonyl (C=O) groups is 2. The van der Waals surface area contributed by atoms with Crippen LogP contribution in [0.15, 0.2) is 41.8 Å². The largest absolute Gasteiger partial charge is 0.355 e. The molecule has 4 rings (SSSR count). The summed E-state index contributed by atoms with van der Waals surface area (Å²) in [6.07, 6.45) is 8.23. The van der Waals surface area contributed by atoms with Crippen LogP contribution in [-0.4, -0.2) is 18.4 Å². The van der Waals surface area contributed by atoms with E-state index in [1.807, 2.05) is 41.8 Å². The fourth-order valence-corrected chi connectivity index (χ4v) is 4.66. The zero-order valence-corrected chi connectivity index (χ0v) is 16.3. The second-order valence-electron chi connectivity index (χ2n) is 7.80. The van der Waals surface area contributed by atoms with Gasteiger partial charge in [-0.05, 0) is 60.7 Å². The van der Waals surface area contributed by atoms with Gasteiger partial charge < -0.3 is 10.6 Å². The molecule has 2 N–H and O–H groups in total. The van der Waals surface area contributed by atoms with Crippen molar-refractivity contribution in [2.45, 2.75) is 50.4 Å². The molecule has 1 aromatic carbocycles. The first-order valence-corrected chi connectivity index (χ1v) is 10.8. The molecule has 0 atom stereocenters. The molecule has 0 radical (unpaired) electrons. The minimum Gasteiger partial charge on any atom is -0.355 e. The SMILES string of the molecule is O=C(Nc1ccc(C2(C(=O)NCC3CCCCC3)CC2)cc1)c1cccs1. The van der Waals surface area contributed by atoms with E-state index in [1.165, 1.54) is 43.4 Å². The van der Waals surface area contributed by atoms with Crippen LogP contribution in [0.1, 0.15) is 60.2 Å². The van der Waals surface area contributed by atoms with Crippen molar-refractivity contribution < 1.29 is 9.59 Å². The molecule has 27 heavy (non-hydrogen) atoms. The van der Waals surface area contributed by atoms with Gasteiger partial charge in [-0.1, -0.05) is 37.5 Å². The van der Waals surface area contributed by atoms with Crippen LogP contribution in [0.25, 0.3) is 0 Å². The van der Waals surface area contributed by atoms with Gasteiger partial charge in [0.25, 0.3) is 5.91 Å². The highest BCUT2D eigenvalue weighted by Gasteiger charge is 2.51. The molecule has 2 aliphatic carbocycles. The van der Waals surface area contributed by atoms with Crippen molar-refractivity contribution in [1.29, 1.82) is 0 Å². The van der Waals surface area contributed by atoms with E-state index in [0.29, 0.717) is 10.8 Å². The lowest BCUT2D eigenvalue weighted by atomic mass is 9.88. The monoisotopic (exact) mass is 382 g/mol. The molecule has 5 heteroatoms. The van der Waals surface area contributed by atoms with E-state index >= 15 is 0 Å². The Hall–Kier alpha value is -2.14. The van der Waals surface area contributed by atoms with Gasteiger partial charge >= 0.3 is 0 Å². The Bertz CT molecular complexity index is 788. The number of carbonyl (C=O) groups excluding carboxylic acids is 2. The second-order valence-corrected chi connectivity index (χ2v) is 8.75. The third-order valence-corrected chi connectivity index (χ3v) is 6.77. The van der Waals surface area contributed by atoms with E-state index < -0.39 is 0 Å². The third-order valence-electron chi connectivity index (χ3n) is 5.90. The fraction of sp³-hybridized carbons (Fsp3) is 0.455. The summed E-state index contributed by atoms with van der Waals surface area (Å²) in [7, 11) is 0. The van der Waals surface area contributed by atoms with Crippen LogP contribution in [0.4, 0.5) is 5.69 Å². The molecule has 4 nitrogen and oxygen atoms in total. The van der Waals surface area contributed by atoms with Crippen molar-refractivity contribution >= 4 is 28.8 Å². The number of benzene rings is 1. The summed E-state index contributed by atoms with van der Waals surface area (Å²) in [5.74, 6) is 0.723. The molecule has 2 saturated carbocycles. The average molecular weight is 383 g/mol. The quantitative estimate of drug-likeness (QED) is 0.759. The smallest absolute Gasteiger partial charge is 0.265 e. The van der Waals surface area contributed by atoms with E-state index in [2.05, 4.69) is 10.6 Å². The van der Waals surface area contributed by atoms with Gasteiger partial charge in [-0.3, -0.25) is 9.59 Å². The molecule has 2 fully saturated rings. The van der Waals surface area contributed by atoms with Crippen molar-refractivity contribution in [3.63, 3.8) is 0 Å². The van der Waals surface area contributed by atoms with Gasteiger partial charge in [0.1, 0.15) is 0 Å². The maximum atomic E-state index is 12.8. The van der Waals surface area contributed by atoms with Gasteiger partial charge in [-0.25, -0.2) is 0 Å². The molecule has 1 aromatic heterocycles. The Balaban J connectivity index is 1.36. The minimum atomic E-state index is -0.356. The van der Waals surface area contributed by atoms with E-state index in [4.69, 9.17) is 0 Å². The molecular weight excluding hydrogens is 356 g/mol. The normalized spacial score (nSPS) is 18.7. The van der Waals surface area contributed by atoms with Crippen LogP contribution in [-0.2, 0) is 10.2 Å². The maximum absolute atomic E-state index is 12.8. The molecule has 0 spiro atoms. The molecule has 0 bridgehead atoms. The molecule has 2 aromatic rings. The summed E-state index contributed by atoms with van der Waals surface area (Å²) in [5.41, 5.74) is 1.46. The summed E-state index contributed by atoms with van der Waals surface area (Å²) in [5, 5.41) is 8.01. The van der Waals surface area contributed by atoms with Gasteiger partial charge in [0, 0.05) is 12.2 Å². The first kappa shape index (κ1) is 18.2. The second kappa shape index (κ2) is 7.85. The number of rotatable bonds is 6. The number of amides is 2. The van der Waals surface area contributed by atoms with Gasteiger partial charge in [-0.15, -0.1) is 11.3 Å². The van der Waals surface area contributed by atoms with Gasteiger partial charge in [-0.2, -0.15) is 0 Å². The van der Waals surface area contributed by atoms with Gasteiger partial charge in [0.15, 0.2) is 0 Å². The van der Waals surface area contributed by atoms with Crippen LogP contribution in [0, 0.1) is 5.92 Å². The van der Waals surface area contributed by atoms with E-state index in [1.54, 1.807) is 0 Å². The fourth-order valence-electron chi connectivity index (χ4n) is 4.04. The molecule has 142 valence electrons. The summed E-state index contributed by atoms with van der Waals surface area (Å²) < 4.78 is 0. The van der Waals surface area contributed by atoms with E-state index in [-0.39, 0.29) is 17.2 Å². The van der Waals surface area contributed by atoms with Crippen LogP contribution >= 0.6 is 11.3 Å². The van der Waals surface area contributed by atoms with Crippen LogP contribution in [0.3, 0.4) is 0 Å². The standard InChI is InChI=1S/C22H26N2O2S/c25-20(19-7-4-14-27-19)24-18-10-8-17(9-11-18)22(12-13-22)21(26)23-15-16-5-2-1-3-6-16/h4,7-11,14,16H,1-3,5-6,12-13,15H2,(H,23,26)(H,24,25).